The molecule has 0 spiro atoms. The Balaban J connectivity index is 1.40. The summed E-state index contributed by atoms with van der Waals surface area (Å²) in [5, 5.41) is 0. The first-order valence-corrected chi connectivity index (χ1v) is 13.3. The number of fused-ring (bicyclic) bond motifs is 6. The minimum absolute atomic E-state index is 0.608. The molecule has 1 aliphatic rings. The van der Waals surface area contributed by atoms with Gasteiger partial charge in [-0.1, -0.05) is 78.9 Å². The Morgan fingerprint density at radius 1 is 0.525 bits per heavy atom. The van der Waals surface area contributed by atoms with Crippen molar-refractivity contribution in [3.05, 3.63) is 140 Å². The summed E-state index contributed by atoms with van der Waals surface area (Å²) >= 11 is 0. The summed E-state index contributed by atoms with van der Waals surface area (Å²) in [6.45, 7) is 0. The number of nitrogens with zero attached hydrogens (tertiary/aromatic N) is 3. The first kappa shape index (κ1) is 22.5. The maximum absolute atomic E-state index is 6.20. The third-order valence-electron chi connectivity index (χ3n) is 7.50. The number of anilines is 3. The second kappa shape index (κ2) is 9.07. The summed E-state index contributed by atoms with van der Waals surface area (Å²) in [5.41, 5.74) is 12.5. The molecular weight excluding hydrogens is 490 g/mol. The summed E-state index contributed by atoms with van der Waals surface area (Å²) < 4.78 is 6.20. The lowest BCUT2D eigenvalue weighted by molar-refractivity contribution is 0.620. The van der Waals surface area contributed by atoms with Crippen LogP contribution in [0.15, 0.2) is 144 Å². The molecule has 7 aromatic rings. The Kier molecular flexibility index (Phi) is 5.10. The second-order valence-electron chi connectivity index (χ2n) is 9.88. The van der Waals surface area contributed by atoms with Crippen molar-refractivity contribution in [2.75, 3.05) is 4.90 Å². The summed E-state index contributed by atoms with van der Waals surface area (Å²) in [6, 6.07) is 46.2. The van der Waals surface area contributed by atoms with Crippen LogP contribution < -0.4 is 4.90 Å². The van der Waals surface area contributed by atoms with E-state index in [-0.39, 0.29) is 0 Å². The molecule has 0 N–H and O–H groups in total. The highest BCUT2D eigenvalue weighted by molar-refractivity contribution is 6.03. The molecule has 40 heavy (non-hydrogen) atoms. The Morgan fingerprint density at radius 2 is 1.27 bits per heavy atom. The van der Waals surface area contributed by atoms with E-state index in [4.69, 9.17) is 9.40 Å². The van der Waals surface area contributed by atoms with Gasteiger partial charge in [-0.3, -0.25) is 4.98 Å². The van der Waals surface area contributed by atoms with Gasteiger partial charge in [0.15, 0.2) is 5.58 Å². The lowest BCUT2D eigenvalue weighted by Gasteiger charge is -2.28. The normalized spacial score (nSPS) is 11.9. The highest BCUT2D eigenvalue weighted by atomic mass is 16.3. The predicted molar refractivity (Wildman–Crippen MR) is 162 cm³/mol. The Labute approximate surface area is 231 Å². The minimum Gasteiger partial charge on any atom is -0.436 e. The molecule has 0 amide bonds. The van der Waals surface area contributed by atoms with Gasteiger partial charge >= 0.3 is 0 Å². The molecule has 3 heterocycles. The lowest BCUT2D eigenvalue weighted by Crippen LogP contribution is -2.11. The van der Waals surface area contributed by atoms with Crippen LogP contribution in [-0.2, 0) is 0 Å². The van der Waals surface area contributed by atoms with Crippen LogP contribution in [0.5, 0.6) is 0 Å². The smallest absolute Gasteiger partial charge is 0.227 e. The summed E-state index contributed by atoms with van der Waals surface area (Å²) in [7, 11) is 0. The van der Waals surface area contributed by atoms with E-state index in [0.29, 0.717) is 5.89 Å². The standard InChI is InChI=1S/C36H23N3O/c1-2-13-28-27(12-1)29-14-3-5-17-33(29)39(26-11-9-10-24(22-26)31-15-7-8-21-37-31)34-23-25(19-20-30(28)34)36-38-32-16-4-6-18-35(32)40-36/h1-23H. The van der Waals surface area contributed by atoms with Crippen molar-refractivity contribution in [3.63, 3.8) is 0 Å². The van der Waals surface area contributed by atoms with E-state index in [1.165, 1.54) is 16.7 Å². The van der Waals surface area contributed by atoms with Gasteiger partial charge in [-0.25, -0.2) is 4.98 Å². The molecule has 0 unspecified atom stereocenters. The van der Waals surface area contributed by atoms with E-state index in [2.05, 4.69) is 101 Å². The molecule has 0 saturated heterocycles. The van der Waals surface area contributed by atoms with Gasteiger partial charge in [0.25, 0.3) is 0 Å². The average molecular weight is 514 g/mol. The first-order chi connectivity index (χ1) is 19.8. The van der Waals surface area contributed by atoms with Crippen molar-refractivity contribution in [3.8, 4) is 45.0 Å². The largest absolute Gasteiger partial charge is 0.436 e. The summed E-state index contributed by atoms with van der Waals surface area (Å²) in [5.74, 6) is 0.608. The number of hydrogen-bond acceptors (Lipinski definition) is 4. The van der Waals surface area contributed by atoms with Crippen LogP contribution in [-0.4, -0.2) is 9.97 Å². The molecule has 0 saturated carbocycles. The molecule has 4 nitrogen and oxygen atoms in total. The molecule has 4 heteroatoms. The molecule has 0 fully saturated rings. The first-order valence-electron chi connectivity index (χ1n) is 13.3. The Bertz CT molecular complexity index is 1990. The van der Waals surface area contributed by atoms with Crippen molar-refractivity contribution < 1.29 is 4.42 Å². The van der Waals surface area contributed by atoms with Gasteiger partial charge in [0.05, 0.1) is 17.1 Å². The molecule has 0 radical (unpaired) electrons. The molecule has 8 rings (SSSR count). The highest BCUT2D eigenvalue weighted by Gasteiger charge is 2.27. The molecule has 2 aromatic heterocycles. The van der Waals surface area contributed by atoms with Crippen molar-refractivity contribution in [1.29, 1.82) is 0 Å². The van der Waals surface area contributed by atoms with Crippen LogP contribution >= 0.6 is 0 Å². The molecule has 5 aromatic carbocycles. The van der Waals surface area contributed by atoms with Gasteiger partial charge in [-0.05, 0) is 65.7 Å². The van der Waals surface area contributed by atoms with Crippen LogP contribution in [0.1, 0.15) is 0 Å². The van der Waals surface area contributed by atoms with Gasteiger partial charge in [0.1, 0.15) is 5.52 Å². The monoisotopic (exact) mass is 513 g/mol. The van der Waals surface area contributed by atoms with E-state index in [1.54, 1.807) is 0 Å². The number of para-hydroxylation sites is 3. The zero-order valence-electron chi connectivity index (χ0n) is 21.5. The van der Waals surface area contributed by atoms with E-state index in [1.807, 2.05) is 48.7 Å². The van der Waals surface area contributed by atoms with Crippen LogP contribution in [0.2, 0.25) is 0 Å². The summed E-state index contributed by atoms with van der Waals surface area (Å²) in [4.78, 5) is 11.8. The van der Waals surface area contributed by atoms with E-state index in [0.717, 1.165) is 50.5 Å². The van der Waals surface area contributed by atoms with Crippen LogP contribution in [0, 0.1) is 0 Å². The molecular formula is C36H23N3O. The van der Waals surface area contributed by atoms with E-state index < -0.39 is 0 Å². The fourth-order valence-electron chi connectivity index (χ4n) is 5.67. The SMILES string of the molecule is c1ccc(-c2cccc(N3c4ccccc4-c4ccccc4-c4ccc(-c5nc6ccccc6o5)cc43)c2)nc1. The molecule has 1 aliphatic heterocycles. The Hall–Kier alpha value is -5.48. The molecule has 188 valence electrons. The maximum Gasteiger partial charge on any atom is 0.227 e. The maximum atomic E-state index is 6.20. The third-order valence-corrected chi connectivity index (χ3v) is 7.50. The zero-order chi connectivity index (χ0) is 26.5. The highest BCUT2D eigenvalue weighted by Crippen LogP contribution is 2.51. The molecule has 0 aliphatic carbocycles. The number of rotatable bonds is 3. The average Bonchev–Trinajstić information content (AvgIpc) is 3.42. The second-order valence-corrected chi connectivity index (χ2v) is 9.88. The number of oxazole rings is 1. The zero-order valence-corrected chi connectivity index (χ0v) is 21.5. The van der Waals surface area contributed by atoms with Gasteiger partial charge in [-0.15, -0.1) is 0 Å². The van der Waals surface area contributed by atoms with E-state index >= 15 is 0 Å². The fraction of sp³-hybridized carbons (Fsp3) is 0. The summed E-state index contributed by atoms with van der Waals surface area (Å²) in [6.07, 6.45) is 1.84. The van der Waals surface area contributed by atoms with Crippen LogP contribution in [0.4, 0.5) is 17.1 Å². The van der Waals surface area contributed by atoms with E-state index in [9.17, 15) is 0 Å². The van der Waals surface area contributed by atoms with Crippen molar-refractivity contribution in [2.45, 2.75) is 0 Å². The lowest BCUT2D eigenvalue weighted by atomic mass is 9.94. The predicted octanol–water partition coefficient (Wildman–Crippen LogP) is 9.67. The number of aromatic nitrogens is 2. The van der Waals surface area contributed by atoms with Crippen LogP contribution in [0.25, 0.3) is 56.1 Å². The van der Waals surface area contributed by atoms with Gasteiger partial charge in [0, 0.05) is 34.1 Å². The van der Waals surface area contributed by atoms with Crippen LogP contribution in [0.3, 0.4) is 0 Å². The van der Waals surface area contributed by atoms with Crippen molar-refractivity contribution in [2.24, 2.45) is 0 Å². The Morgan fingerprint density at radius 3 is 2.10 bits per heavy atom. The quantitative estimate of drug-likeness (QED) is 0.236. The van der Waals surface area contributed by atoms with Gasteiger partial charge < -0.3 is 9.32 Å². The number of benzene rings is 5. The van der Waals surface area contributed by atoms with Crippen molar-refractivity contribution in [1.82, 2.24) is 9.97 Å². The van der Waals surface area contributed by atoms with Gasteiger partial charge in [0.2, 0.25) is 5.89 Å². The minimum atomic E-state index is 0.608. The van der Waals surface area contributed by atoms with Gasteiger partial charge in [-0.2, -0.15) is 0 Å². The van der Waals surface area contributed by atoms with Crippen molar-refractivity contribution >= 4 is 28.2 Å². The number of pyridine rings is 1. The number of hydrogen-bond donors (Lipinski definition) is 0. The molecule has 0 bridgehead atoms. The fourth-order valence-corrected chi connectivity index (χ4v) is 5.67. The topological polar surface area (TPSA) is 42.2 Å². The third kappa shape index (κ3) is 3.62. The molecule has 0 atom stereocenters.